The fourth-order valence-corrected chi connectivity index (χ4v) is 4.40. The van der Waals surface area contributed by atoms with Crippen molar-refractivity contribution in [2.75, 3.05) is 4.90 Å². The van der Waals surface area contributed by atoms with E-state index in [-0.39, 0.29) is 17.9 Å². The van der Waals surface area contributed by atoms with Crippen LogP contribution in [0, 0.1) is 12.7 Å². The Morgan fingerprint density at radius 1 is 0.973 bits per heavy atom. The molecule has 1 heterocycles. The molecule has 0 unspecified atom stereocenters. The minimum absolute atomic E-state index is 0.227. The maximum Gasteiger partial charge on any atom is 0.336 e. The number of anilines is 1. The van der Waals surface area contributed by atoms with Crippen molar-refractivity contribution in [3.8, 4) is 5.75 Å². The number of aryl methyl sites for hydroxylation is 1. The van der Waals surface area contributed by atoms with Gasteiger partial charge in [0.05, 0.1) is 5.69 Å². The van der Waals surface area contributed by atoms with Gasteiger partial charge in [-0.25, -0.2) is 14.1 Å². The molecule has 5 rings (SSSR count). The number of hydrogen-bond acceptors (Lipinski definition) is 4. The third-order valence-corrected chi connectivity index (χ3v) is 6.35. The fourth-order valence-electron chi connectivity index (χ4n) is 4.21. The van der Waals surface area contributed by atoms with Gasteiger partial charge in [-0.3, -0.25) is 14.9 Å². The summed E-state index contributed by atoms with van der Waals surface area (Å²) in [4.78, 5) is 38.8. The number of urea groups is 1. The van der Waals surface area contributed by atoms with Gasteiger partial charge in [-0.1, -0.05) is 60.1 Å². The Morgan fingerprint density at radius 3 is 2.54 bits per heavy atom. The van der Waals surface area contributed by atoms with Crippen molar-refractivity contribution < 1.29 is 23.5 Å². The van der Waals surface area contributed by atoms with Crippen LogP contribution in [0.1, 0.15) is 16.7 Å². The number of para-hydroxylation sites is 1. The van der Waals surface area contributed by atoms with Crippen molar-refractivity contribution >= 4 is 52.0 Å². The molecular weight excluding hydrogens is 495 g/mol. The molecule has 184 valence electrons. The SMILES string of the molecule is Cc1ccc2ccccc2c1COc1ccc(Cl)cc1/C=C1/C(=O)NC(=O)N(c2ccccc2F)C1=O. The highest BCUT2D eigenvalue weighted by molar-refractivity contribution is 6.39. The van der Waals surface area contributed by atoms with Crippen LogP contribution in [0.15, 0.2) is 84.4 Å². The summed E-state index contributed by atoms with van der Waals surface area (Å²) in [5.74, 6) is -2.27. The molecule has 1 N–H and O–H groups in total. The van der Waals surface area contributed by atoms with E-state index in [1.54, 1.807) is 18.2 Å². The van der Waals surface area contributed by atoms with Gasteiger partial charge in [0.15, 0.2) is 0 Å². The first-order chi connectivity index (χ1) is 17.8. The van der Waals surface area contributed by atoms with Crippen molar-refractivity contribution in [3.05, 3.63) is 112 Å². The van der Waals surface area contributed by atoms with Crippen LogP contribution in [0.4, 0.5) is 14.9 Å². The molecule has 37 heavy (non-hydrogen) atoms. The Kier molecular flexibility index (Phi) is 6.46. The number of nitrogens with zero attached hydrogens (tertiary/aromatic N) is 1. The lowest BCUT2D eigenvalue weighted by atomic mass is 10.0. The van der Waals surface area contributed by atoms with E-state index in [2.05, 4.69) is 5.32 Å². The standard InChI is InChI=1S/C29H20ClFN2O4/c1-17-10-11-18-6-2-3-7-21(18)23(17)16-37-26-13-12-20(30)14-19(26)15-22-27(34)32-29(36)33(28(22)35)25-9-5-4-8-24(25)31/h2-15H,16H2,1H3,(H,32,34,36)/b22-15-. The van der Waals surface area contributed by atoms with Crippen molar-refractivity contribution in [2.24, 2.45) is 0 Å². The van der Waals surface area contributed by atoms with Gasteiger partial charge >= 0.3 is 6.03 Å². The highest BCUT2D eigenvalue weighted by atomic mass is 35.5. The molecule has 0 atom stereocenters. The van der Waals surface area contributed by atoms with Gasteiger partial charge in [0.25, 0.3) is 11.8 Å². The average molecular weight is 515 g/mol. The third-order valence-electron chi connectivity index (χ3n) is 6.11. The summed E-state index contributed by atoms with van der Waals surface area (Å²) in [5.41, 5.74) is 1.77. The van der Waals surface area contributed by atoms with Gasteiger partial charge < -0.3 is 4.74 Å². The predicted molar refractivity (Wildman–Crippen MR) is 140 cm³/mol. The molecule has 4 aromatic rings. The predicted octanol–water partition coefficient (Wildman–Crippen LogP) is 6.19. The number of halogens is 2. The van der Waals surface area contributed by atoms with Crippen LogP contribution in [0.2, 0.25) is 5.02 Å². The van der Waals surface area contributed by atoms with Gasteiger partial charge in [0.2, 0.25) is 0 Å². The molecule has 0 spiro atoms. The van der Waals surface area contributed by atoms with Gasteiger partial charge in [-0.05, 0) is 59.7 Å². The monoisotopic (exact) mass is 514 g/mol. The number of imide groups is 2. The van der Waals surface area contributed by atoms with E-state index in [1.165, 1.54) is 24.3 Å². The summed E-state index contributed by atoms with van der Waals surface area (Å²) in [7, 11) is 0. The van der Waals surface area contributed by atoms with Gasteiger partial charge in [0.1, 0.15) is 23.7 Å². The molecule has 0 bridgehead atoms. The zero-order valence-electron chi connectivity index (χ0n) is 19.6. The second kappa shape index (κ2) is 9.87. The van der Waals surface area contributed by atoms with Crippen LogP contribution < -0.4 is 15.0 Å². The largest absolute Gasteiger partial charge is 0.488 e. The summed E-state index contributed by atoms with van der Waals surface area (Å²) in [5, 5.41) is 4.58. The average Bonchev–Trinajstić information content (AvgIpc) is 2.88. The van der Waals surface area contributed by atoms with Gasteiger partial charge in [0, 0.05) is 16.1 Å². The van der Waals surface area contributed by atoms with Crippen molar-refractivity contribution in [3.63, 3.8) is 0 Å². The van der Waals surface area contributed by atoms with Crippen molar-refractivity contribution in [1.82, 2.24) is 5.32 Å². The van der Waals surface area contributed by atoms with Crippen LogP contribution >= 0.6 is 11.6 Å². The van der Waals surface area contributed by atoms with E-state index < -0.39 is 23.7 Å². The number of benzene rings is 4. The second-order valence-electron chi connectivity index (χ2n) is 8.46. The molecular formula is C29H20ClFN2O4. The molecule has 1 aliphatic rings. The summed E-state index contributed by atoms with van der Waals surface area (Å²) in [6.45, 7) is 2.22. The van der Waals surface area contributed by atoms with Crippen molar-refractivity contribution in [1.29, 1.82) is 0 Å². The highest BCUT2D eigenvalue weighted by Gasteiger charge is 2.38. The van der Waals surface area contributed by atoms with Crippen LogP contribution in [0.3, 0.4) is 0 Å². The Bertz CT molecular complexity index is 1620. The summed E-state index contributed by atoms with van der Waals surface area (Å²) in [6.07, 6.45) is 1.29. The van der Waals surface area contributed by atoms with Crippen LogP contribution in [-0.2, 0) is 16.2 Å². The quantitative estimate of drug-likeness (QED) is 0.255. The number of amides is 4. The molecule has 0 radical (unpaired) electrons. The number of hydrogen-bond donors (Lipinski definition) is 1. The number of barbiturate groups is 1. The molecule has 1 aliphatic heterocycles. The lowest BCUT2D eigenvalue weighted by Gasteiger charge is -2.26. The first-order valence-electron chi connectivity index (χ1n) is 11.4. The van der Waals surface area contributed by atoms with Crippen molar-refractivity contribution in [2.45, 2.75) is 13.5 Å². The van der Waals surface area contributed by atoms with Gasteiger partial charge in [-0.15, -0.1) is 0 Å². The Morgan fingerprint density at radius 2 is 1.73 bits per heavy atom. The molecule has 4 amide bonds. The lowest BCUT2D eigenvalue weighted by molar-refractivity contribution is -0.122. The fraction of sp³-hybridized carbons (Fsp3) is 0.0690. The van der Waals surface area contributed by atoms with Gasteiger partial charge in [-0.2, -0.15) is 0 Å². The highest BCUT2D eigenvalue weighted by Crippen LogP contribution is 2.30. The molecule has 8 heteroatoms. The topological polar surface area (TPSA) is 75.7 Å². The number of carbonyl (C=O) groups excluding carboxylic acids is 3. The lowest BCUT2D eigenvalue weighted by Crippen LogP contribution is -2.54. The van der Waals surface area contributed by atoms with E-state index in [9.17, 15) is 18.8 Å². The zero-order valence-corrected chi connectivity index (χ0v) is 20.4. The summed E-state index contributed by atoms with van der Waals surface area (Å²) >= 11 is 6.21. The number of rotatable bonds is 5. The maximum atomic E-state index is 14.4. The van der Waals surface area contributed by atoms with Crippen LogP contribution in [0.25, 0.3) is 16.8 Å². The molecule has 6 nitrogen and oxygen atoms in total. The summed E-state index contributed by atoms with van der Waals surface area (Å²) in [6, 6.07) is 21.1. The number of carbonyl (C=O) groups is 3. The molecule has 4 aromatic carbocycles. The molecule has 1 saturated heterocycles. The Labute approximate surface area is 216 Å². The second-order valence-corrected chi connectivity index (χ2v) is 8.90. The zero-order chi connectivity index (χ0) is 26.1. The number of fused-ring (bicyclic) bond motifs is 1. The minimum atomic E-state index is -1.04. The van der Waals surface area contributed by atoms with Crippen LogP contribution in [0.5, 0.6) is 5.75 Å². The van der Waals surface area contributed by atoms with E-state index in [4.69, 9.17) is 16.3 Å². The minimum Gasteiger partial charge on any atom is -0.488 e. The first kappa shape index (κ1) is 24.2. The normalized spacial score (nSPS) is 14.8. The maximum absolute atomic E-state index is 14.4. The molecule has 0 aliphatic carbocycles. The van der Waals surface area contributed by atoms with E-state index in [0.29, 0.717) is 21.2 Å². The molecule has 0 saturated carbocycles. The van der Waals surface area contributed by atoms with E-state index >= 15 is 0 Å². The Balaban J connectivity index is 1.51. The molecule has 0 aromatic heterocycles. The van der Waals surface area contributed by atoms with Crippen LogP contribution in [-0.4, -0.2) is 17.8 Å². The van der Waals surface area contributed by atoms with E-state index in [0.717, 1.165) is 28.0 Å². The third kappa shape index (κ3) is 4.69. The van der Waals surface area contributed by atoms with E-state index in [1.807, 2.05) is 43.3 Å². The number of nitrogens with one attached hydrogen (secondary N) is 1. The number of ether oxygens (including phenoxy) is 1. The first-order valence-corrected chi connectivity index (χ1v) is 11.8. The Hall–Kier alpha value is -4.49. The molecule has 1 fully saturated rings. The summed E-state index contributed by atoms with van der Waals surface area (Å²) < 4.78 is 20.5. The smallest absolute Gasteiger partial charge is 0.336 e.